The van der Waals surface area contributed by atoms with Crippen molar-refractivity contribution >= 4 is 5.57 Å². The predicted molar refractivity (Wildman–Crippen MR) is 89.9 cm³/mol. The third kappa shape index (κ3) is 4.30. The number of ether oxygens (including phenoxy) is 1. The summed E-state index contributed by atoms with van der Waals surface area (Å²) in [6.07, 6.45) is -5.18. The normalized spacial score (nSPS) is 20.7. The van der Waals surface area contributed by atoms with E-state index in [1.165, 1.54) is 0 Å². The Kier molecular flexibility index (Phi) is 5.25. The van der Waals surface area contributed by atoms with Gasteiger partial charge in [0, 0.05) is 0 Å². The summed E-state index contributed by atoms with van der Waals surface area (Å²) in [5, 5.41) is 10.5. The highest BCUT2D eigenvalue weighted by atomic mass is 19.4. The molecule has 3 rings (SSSR count). The summed E-state index contributed by atoms with van der Waals surface area (Å²) in [6, 6.07) is 18.8. The van der Waals surface area contributed by atoms with E-state index in [-0.39, 0.29) is 0 Å². The summed E-state index contributed by atoms with van der Waals surface area (Å²) in [5.41, 5.74) is 2.98. The molecular weight excluding hydrogens is 329 g/mol. The van der Waals surface area contributed by atoms with Gasteiger partial charge in [-0.25, -0.2) is 0 Å². The zero-order chi connectivity index (χ0) is 17.9. The lowest BCUT2D eigenvalue weighted by molar-refractivity contribution is -0.181. The van der Waals surface area contributed by atoms with Crippen LogP contribution in [0, 0.1) is 0 Å². The van der Waals surface area contributed by atoms with Crippen LogP contribution in [0.15, 0.2) is 66.2 Å². The number of aliphatic hydroxyl groups is 1. The van der Waals surface area contributed by atoms with Crippen molar-refractivity contribution in [2.45, 2.75) is 31.2 Å². The molecule has 1 saturated carbocycles. The predicted octanol–water partition coefficient (Wildman–Crippen LogP) is 4.59. The molecule has 25 heavy (non-hydrogen) atoms. The lowest BCUT2D eigenvalue weighted by atomic mass is 9.90. The molecule has 0 heterocycles. The molecule has 0 bridgehead atoms. The van der Waals surface area contributed by atoms with Crippen molar-refractivity contribution in [2.75, 3.05) is 6.61 Å². The summed E-state index contributed by atoms with van der Waals surface area (Å²) < 4.78 is 42.9. The molecule has 132 valence electrons. The number of rotatable bonds is 4. The number of hydrogen-bond donors (Lipinski definition) is 1. The van der Waals surface area contributed by atoms with Crippen molar-refractivity contribution in [3.63, 3.8) is 0 Å². The van der Waals surface area contributed by atoms with Gasteiger partial charge in [-0.3, -0.25) is 0 Å². The Bertz CT molecular complexity index is 682. The summed E-state index contributed by atoms with van der Waals surface area (Å²) in [5.74, 6) is 0. The molecule has 1 aliphatic rings. The van der Waals surface area contributed by atoms with E-state index in [1.807, 2.05) is 60.7 Å². The third-order valence-corrected chi connectivity index (χ3v) is 4.27. The van der Waals surface area contributed by atoms with Crippen LogP contribution < -0.4 is 0 Å². The van der Waals surface area contributed by atoms with Crippen molar-refractivity contribution in [1.82, 2.24) is 0 Å². The van der Waals surface area contributed by atoms with Crippen LogP contribution in [0.1, 0.15) is 24.0 Å². The second kappa shape index (κ2) is 7.42. The highest BCUT2D eigenvalue weighted by molar-refractivity contribution is 5.83. The summed E-state index contributed by atoms with van der Waals surface area (Å²) in [4.78, 5) is 0. The molecule has 2 atom stereocenters. The molecular formula is C20H19F3O2. The van der Waals surface area contributed by atoms with Crippen molar-refractivity contribution in [3.05, 3.63) is 77.4 Å². The van der Waals surface area contributed by atoms with Gasteiger partial charge in [-0.05, 0) is 35.1 Å². The average Bonchev–Trinajstić information content (AvgIpc) is 2.96. The Balaban J connectivity index is 2.07. The van der Waals surface area contributed by atoms with E-state index in [9.17, 15) is 18.3 Å². The van der Waals surface area contributed by atoms with E-state index >= 15 is 0 Å². The molecule has 2 aromatic rings. The molecule has 2 nitrogen and oxygen atoms in total. The molecule has 1 aliphatic carbocycles. The maximum absolute atomic E-state index is 12.6. The molecule has 5 heteroatoms. The van der Waals surface area contributed by atoms with Crippen LogP contribution >= 0.6 is 0 Å². The first-order valence-electron chi connectivity index (χ1n) is 8.17. The standard InChI is InChI=1S/C20H19F3O2/c21-20(22,23)13-25-17-12-11-16(24)19(17)18(14-7-3-1-4-8-14)15-9-5-2-6-10-15/h1-10,16-17,24H,11-13H2/t16-,17+/m0/s1. The highest BCUT2D eigenvalue weighted by Gasteiger charge is 2.36. The number of hydrogen-bond acceptors (Lipinski definition) is 2. The second-order valence-electron chi connectivity index (χ2n) is 6.07. The lowest BCUT2D eigenvalue weighted by Crippen LogP contribution is -2.24. The SMILES string of the molecule is O[C@H]1CC[C@@H](OCC(F)(F)F)C1=C(c1ccccc1)c1ccccc1. The highest BCUT2D eigenvalue weighted by Crippen LogP contribution is 2.38. The van der Waals surface area contributed by atoms with Gasteiger partial charge in [0.15, 0.2) is 0 Å². The maximum Gasteiger partial charge on any atom is 0.411 e. The van der Waals surface area contributed by atoms with Gasteiger partial charge in [0.1, 0.15) is 6.61 Å². The minimum atomic E-state index is -4.39. The number of alkyl halides is 3. The van der Waals surface area contributed by atoms with E-state index in [2.05, 4.69) is 0 Å². The molecule has 2 aromatic carbocycles. The number of benzene rings is 2. The Morgan fingerprint density at radius 1 is 0.920 bits per heavy atom. The van der Waals surface area contributed by atoms with Gasteiger partial charge in [-0.1, -0.05) is 60.7 Å². The molecule has 0 aliphatic heterocycles. The Morgan fingerprint density at radius 3 is 1.92 bits per heavy atom. The van der Waals surface area contributed by atoms with E-state index in [0.717, 1.165) is 16.7 Å². The number of aliphatic hydroxyl groups excluding tert-OH is 1. The molecule has 1 fully saturated rings. The molecule has 1 N–H and O–H groups in total. The summed E-state index contributed by atoms with van der Waals surface area (Å²) in [6.45, 7) is -1.31. The molecule has 0 amide bonds. The van der Waals surface area contributed by atoms with Crippen molar-refractivity contribution < 1.29 is 23.0 Å². The largest absolute Gasteiger partial charge is 0.411 e. The van der Waals surface area contributed by atoms with E-state index in [0.29, 0.717) is 18.4 Å². The Morgan fingerprint density at radius 2 is 1.44 bits per heavy atom. The van der Waals surface area contributed by atoms with Gasteiger partial charge in [-0.15, -0.1) is 0 Å². The molecule has 0 radical (unpaired) electrons. The first kappa shape index (κ1) is 17.7. The quantitative estimate of drug-likeness (QED) is 0.876. The van der Waals surface area contributed by atoms with Crippen molar-refractivity contribution in [2.24, 2.45) is 0 Å². The van der Waals surface area contributed by atoms with Gasteiger partial charge in [0.25, 0.3) is 0 Å². The fraction of sp³-hybridized carbons (Fsp3) is 0.300. The lowest BCUT2D eigenvalue weighted by Gasteiger charge is -2.21. The Labute approximate surface area is 144 Å². The van der Waals surface area contributed by atoms with Gasteiger partial charge in [0.2, 0.25) is 0 Å². The van der Waals surface area contributed by atoms with Crippen LogP contribution in [-0.4, -0.2) is 30.1 Å². The molecule has 0 unspecified atom stereocenters. The van der Waals surface area contributed by atoms with Gasteiger partial charge >= 0.3 is 6.18 Å². The maximum atomic E-state index is 12.6. The van der Waals surface area contributed by atoms with Crippen molar-refractivity contribution in [3.8, 4) is 0 Å². The van der Waals surface area contributed by atoms with E-state index in [1.54, 1.807) is 0 Å². The zero-order valence-electron chi connectivity index (χ0n) is 13.5. The fourth-order valence-corrected chi connectivity index (χ4v) is 3.24. The summed E-state index contributed by atoms with van der Waals surface area (Å²) in [7, 11) is 0. The van der Waals surface area contributed by atoms with Crippen LogP contribution in [0.5, 0.6) is 0 Å². The van der Waals surface area contributed by atoms with Gasteiger partial charge < -0.3 is 9.84 Å². The van der Waals surface area contributed by atoms with Crippen LogP contribution in [0.3, 0.4) is 0 Å². The fourth-order valence-electron chi connectivity index (χ4n) is 3.24. The van der Waals surface area contributed by atoms with Crippen LogP contribution in [-0.2, 0) is 4.74 Å². The Hall–Kier alpha value is -2.11. The average molecular weight is 348 g/mol. The number of halogens is 3. The van der Waals surface area contributed by atoms with Crippen LogP contribution in [0.25, 0.3) is 5.57 Å². The summed E-state index contributed by atoms with van der Waals surface area (Å²) >= 11 is 0. The minimum absolute atomic E-state index is 0.371. The van der Waals surface area contributed by atoms with Crippen molar-refractivity contribution in [1.29, 1.82) is 0 Å². The first-order chi connectivity index (χ1) is 12.0. The zero-order valence-corrected chi connectivity index (χ0v) is 13.5. The van der Waals surface area contributed by atoms with E-state index in [4.69, 9.17) is 4.74 Å². The molecule has 0 saturated heterocycles. The second-order valence-corrected chi connectivity index (χ2v) is 6.07. The van der Waals surface area contributed by atoms with Gasteiger partial charge in [-0.2, -0.15) is 13.2 Å². The molecule has 0 spiro atoms. The smallest absolute Gasteiger partial charge is 0.389 e. The van der Waals surface area contributed by atoms with Crippen LogP contribution in [0.4, 0.5) is 13.2 Å². The first-order valence-corrected chi connectivity index (χ1v) is 8.17. The topological polar surface area (TPSA) is 29.5 Å². The minimum Gasteiger partial charge on any atom is -0.389 e. The third-order valence-electron chi connectivity index (χ3n) is 4.27. The molecule has 0 aromatic heterocycles. The van der Waals surface area contributed by atoms with E-state index < -0.39 is 25.0 Å². The monoisotopic (exact) mass is 348 g/mol. The van der Waals surface area contributed by atoms with Gasteiger partial charge in [0.05, 0.1) is 12.2 Å². The van der Waals surface area contributed by atoms with Crippen LogP contribution in [0.2, 0.25) is 0 Å².